The molecule has 0 radical (unpaired) electrons. The lowest BCUT2D eigenvalue weighted by Crippen LogP contribution is -2.50. The van der Waals surface area contributed by atoms with E-state index in [9.17, 15) is 14.4 Å². The van der Waals surface area contributed by atoms with Crippen molar-refractivity contribution in [2.45, 2.75) is 45.3 Å². The standard InChI is InChI=1S/C21H30N4O6/c1-3-30-18(26)10-13-31-17-8-11-25(12-9-17)21(28)14(2)23-20(27)16-6-4-15(5-7-16)19(22)24-29/h4-7,14,17,29H,3,8-13H2,1-2H3,(H2,22,24)(H,23,27)/t14-/m0/s1. The van der Waals surface area contributed by atoms with Gasteiger partial charge in [0.05, 0.1) is 25.7 Å². The summed E-state index contributed by atoms with van der Waals surface area (Å²) in [4.78, 5) is 38.1. The molecule has 1 fully saturated rings. The third kappa shape index (κ3) is 7.25. The zero-order valence-electron chi connectivity index (χ0n) is 17.9. The molecule has 1 aliphatic rings. The van der Waals surface area contributed by atoms with Crippen LogP contribution >= 0.6 is 0 Å². The number of amidine groups is 1. The van der Waals surface area contributed by atoms with Crippen LogP contribution < -0.4 is 11.1 Å². The van der Waals surface area contributed by atoms with E-state index in [0.29, 0.717) is 50.3 Å². The highest BCUT2D eigenvalue weighted by atomic mass is 16.5. The minimum atomic E-state index is -0.683. The molecule has 1 atom stereocenters. The minimum absolute atomic E-state index is 0.00298. The summed E-state index contributed by atoms with van der Waals surface area (Å²) in [5.41, 5.74) is 6.35. The Morgan fingerprint density at radius 3 is 2.42 bits per heavy atom. The number of nitrogens with two attached hydrogens (primary N) is 1. The van der Waals surface area contributed by atoms with Crippen molar-refractivity contribution in [3.8, 4) is 0 Å². The smallest absolute Gasteiger partial charge is 0.308 e. The molecule has 1 heterocycles. The molecule has 0 bridgehead atoms. The van der Waals surface area contributed by atoms with Crippen LogP contribution in [0.15, 0.2) is 29.4 Å². The lowest BCUT2D eigenvalue weighted by molar-refractivity contribution is -0.145. The summed E-state index contributed by atoms with van der Waals surface area (Å²) < 4.78 is 10.6. The number of ether oxygens (including phenoxy) is 2. The number of hydrogen-bond donors (Lipinski definition) is 3. The predicted octanol–water partition coefficient (Wildman–Crippen LogP) is 0.860. The Morgan fingerprint density at radius 1 is 1.23 bits per heavy atom. The quantitative estimate of drug-likeness (QED) is 0.172. The molecule has 1 aromatic rings. The fraction of sp³-hybridized carbons (Fsp3) is 0.524. The Balaban J connectivity index is 1.77. The summed E-state index contributed by atoms with van der Waals surface area (Å²) in [6.45, 7) is 5.11. The van der Waals surface area contributed by atoms with E-state index in [1.54, 1.807) is 43.0 Å². The van der Waals surface area contributed by atoms with Crippen molar-refractivity contribution in [2.75, 3.05) is 26.3 Å². The number of amides is 2. The topological polar surface area (TPSA) is 144 Å². The summed E-state index contributed by atoms with van der Waals surface area (Å²) >= 11 is 0. The van der Waals surface area contributed by atoms with Gasteiger partial charge in [0, 0.05) is 24.2 Å². The van der Waals surface area contributed by atoms with Gasteiger partial charge in [-0.25, -0.2) is 0 Å². The molecule has 170 valence electrons. The number of carbonyl (C=O) groups is 3. The van der Waals surface area contributed by atoms with E-state index < -0.39 is 6.04 Å². The molecule has 31 heavy (non-hydrogen) atoms. The molecular formula is C21H30N4O6. The number of nitrogens with zero attached hydrogens (tertiary/aromatic N) is 2. The van der Waals surface area contributed by atoms with Crippen LogP contribution in [0, 0.1) is 0 Å². The molecular weight excluding hydrogens is 404 g/mol. The number of esters is 1. The van der Waals surface area contributed by atoms with Crippen LogP contribution in [-0.4, -0.2) is 72.2 Å². The molecule has 0 saturated carbocycles. The first kappa shape index (κ1) is 24.1. The molecule has 0 aliphatic carbocycles. The van der Waals surface area contributed by atoms with Crippen molar-refractivity contribution in [3.63, 3.8) is 0 Å². The number of piperidine rings is 1. The van der Waals surface area contributed by atoms with E-state index in [-0.39, 0.29) is 36.1 Å². The van der Waals surface area contributed by atoms with Gasteiger partial charge in [0.25, 0.3) is 5.91 Å². The Morgan fingerprint density at radius 2 is 1.84 bits per heavy atom. The van der Waals surface area contributed by atoms with Crippen molar-refractivity contribution < 1.29 is 29.1 Å². The first-order valence-corrected chi connectivity index (χ1v) is 10.3. The van der Waals surface area contributed by atoms with Crippen molar-refractivity contribution in [2.24, 2.45) is 10.9 Å². The molecule has 1 saturated heterocycles. The van der Waals surface area contributed by atoms with Gasteiger partial charge in [-0.05, 0) is 38.8 Å². The van der Waals surface area contributed by atoms with Crippen molar-refractivity contribution in [1.82, 2.24) is 10.2 Å². The zero-order valence-corrected chi connectivity index (χ0v) is 17.9. The van der Waals surface area contributed by atoms with Crippen molar-refractivity contribution in [1.29, 1.82) is 0 Å². The molecule has 0 unspecified atom stereocenters. The normalized spacial score (nSPS) is 15.9. The number of hydrogen-bond acceptors (Lipinski definition) is 7. The molecule has 2 amide bonds. The van der Waals surface area contributed by atoms with Gasteiger partial charge < -0.3 is 30.6 Å². The van der Waals surface area contributed by atoms with Crippen molar-refractivity contribution >= 4 is 23.6 Å². The lowest BCUT2D eigenvalue weighted by atomic mass is 10.1. The van der Waals surface area contributed by atoms with Crippen LogP contribution in [0.1, 0.15) is 49.0 Å². The first-order valence-electron chi connectivity index (χ1n) is 10.3. The van der Waals surface area contributed by atoms with Gasteiger partial charge in [-0.2, -0.15) is 0 Å². The summed E-state index contributed by atoms with van der Waals surface area (Å²) in [5, 5.41) is 14.3. The maximum absolute atomic E-state index is 12.7. The number of oxime groups is 1. The highest BCUT2D eigenvalue weighted by Crippen LogP contribution is 2.15. The van der Waals surface area contributed by atoms with E-state index in [4.69, 9.17) is 20.4 Å². The summed E-state index contributed by atoms with van der Waals surface area (Å²) in [6.07, 6.45) is 1.56. The number of rotatable bonds is 9. The Kier molecular flexibility index (Phi) is 9.26. The molecule has 1 aliphatic heterocycles. The molecule has 1 aromatic carbocycles. The predicted molar refractivity (Wildman–Crippen MR) is 113 cm³/mol. The fourth-order valence-corrected chi connectivity index (χ4v) is 3.25. The SMILES string of the molecule is CCOC(=O)CCOC1CCN(C(=O)[C@H](C)NC(=O)c2ccc(/C(N)=N/O)cc2)CC1. The fourth-order valence-electron chi connectivity index (χ4n) is 3.25. The first-order chi connectivity index (χ1) is 14.8. The third-order valence-corrected chi connectivity index (χ3v) is 4.99. The Hall–Kier alpha value is -3.14. The van der Waals surface area contributed by atoms with Crippen LogP contribution in [0.5, 0.6) is 0 Å². The van der Waals surface area contributed by atoms with Gasteiger partial charge in [-0.3, -0.25) is 14.4 Å². The highest BCUT2D eigenvalue weighted by molar-refractivity contribution is 6.00. The monoisotopic (exact) mass is 434 g/mol. The van der Waals surface area contributed by atoms with Crippen LogP contribution in [0.3, 0.4) is 0 Å². The number of carbonyl (C=O) groups excluding carboxylic acids is 3. The lowest BCUT2D eigenvalue weighted by Gasteiger charge is -2.33. The minimum Gasteiger partial charge on any atom is -0.466 e. The van der Waals surface area contributed by atoms with Gasteiger partial charge in [0.15, 0.2) is 5.84 Å². The summed E-state index contributed by atoms with van der Waals surface area (Å²) in [5.74, 6) is -0.876. The van der Waals surface area contributed by atoms with Crippen LogP contribution in [0.2, 0.25) is 0 Å². The number of likely N-dealkylation sites (tertiary alicyclic amines) is 1. The maximum atomic E-state index is 12.7. The van der Waals surface area contributed by atoms with E-state index in [0.717, 1.165) is 0 Å². The van der Waals surface area contributed by atoms with Crippen LogP contribution in [0.25, 0.3) is 0 Å². The van der Waals surface area contributed by atoms with E-state index >= 15 is 0 Å². The summed E-state index contributed by atoms with van der Waals surface area (Å²) in [7, 11) is 0. The average molecular weight is 434 g/mol. The van der Waals surface area contributed by atoms with Gasteiger partial charge >= 0.3 is 5.97 Å². The summed E-state index contributed by atoms with van der Waals surface area (Å²) in [6, 6.07) is 5.52. The number of nitrogens with one attached hydrogen (secondary N) is 1. The van der Waals surface area contributed by atoms with E-state index in [2.05, 4.69) is 10.5 Å². The molecule has 4 N–H and O–H groups in total. The third-order valence-electron chi connectivity index (χ3n) is 4.99. The second-order valence-corrected chi connectivity index (χ2v) is 7.21. The largest absolute Gasteiger partial charge is 0.466 e. The van der Waals surface area contributed by atoms with Crippen LogP contribution in [-0.2, 0) is 19.1 Å². The van der Waals surface area contributed by atoms with Gasteiger partial charge in [0.2, 0.25) is 5.91 Å². The molecule has 0 spiro atoms. The molecule has 10 heteroatoms. The molecule has 10 nitrogen and oxygen atoms in total. The molecule has 2 rings (SSSR count). The second kappa shape index (κ2) is 11.9. The zero-order chi connectivity index (χ0) is 22.8. The van der Waals surface area contributed by atoms with E-state index in [1.165, 1.54) is 0 Å². The molecule has 0 aromatic heterocycles. The number of benzene rings is 1. The second-order valence-electron chi connectivity index (χ2n) is 7.21. The van der Waals surface area contributed by atoms with Crippen LogP contribution in [0.4, 0.5) is 0 Å². The maximum Gasteiger partial charge on any atom is 0.308 e. The van der Waals surface area contributed by atoms with Gasteiger partial charge in [0.1, 0.15) is 6.04 Å². The van der Waals surface area contributed by atoms with Gasteiger partial charge in [-0.1, -0.05) is 17.3 Å². The average Bonchev–Trinajstić information content (AvgIpc) is 2.78. The Labute approximate surface area is 181 Å². The van der Waals surface area contributed by atoms with Gasteiger partial charge in [-0.15, -0.1) is 0 Å². The highest BCUT2D eigenvalue weighted by Gasteiger charge is 2.27. The van der Waals surface area contributed by atoms with E-state index in [1.807, 2.05) is 0 Å². The Bertz CT molecular complexity index is 788. The van der Waals surface area contributed by atoms with Crippen molar-refractivity contribution in [3.05, 3.63) is 35.4 Å².